The lowest BCUT2D eigenvalue weighted by atomic mass is 9.81. The third-order valence-corrected chi connectivity index (χ3v) is 9.72. The predicted molar refractivity (Wildman–Crippen MR) is 194 cm³/mol. The molecule has 3 heteroatoms. The molecule has 222 valence electrons. The van der Waals surface area contributed by atoms with Gasteiger partial charge in [-0.05, 0) is 80.6 Å². The third kappa shape index (κ3) is 4.46. The van der Waals surface area contributed by atoms with E-state index in [1.807, 2.05) is 30.5 Å². The molecule has 0 saturated heterocycles. The van der Waals surface area contributed by atoms with Gasteiger partial charge in [-0.1, -0.05) is 123 Å². The summed E-state index contributed by atoms with van der Waals surface area (Å²) in [5, 5.41) is 3.63. The normalized spacial score (nSPS) is 13.1. The first-order valence-corrected chi connectivity index (χ1v) is 16.1. The average Bonchev–Trinajstić information content (AvgIpc) is 3.36. The average molecular weight is 602 g/mol. The van der Waals surface area contributed by atoms with Crippen molar-refractivity contribution in [3.8, 4) is 56.2 Å². The standard InChI is InChI=1S/C44H31N3/c1-44(2)37-20-10-19-35(42(37)36-25-29-14-6-7-15-30(29)26-38(36)44)41-27-40(46-43(47-41)28-12-4-3-5-13-28)34-18-9-8-17-33(34)31-21-22-39-32(24-31)16-11-23-45-39/h3-27H,1-2H3. The van der Waals surface area contributed by atoms with Gasteiger partial charge in [0.05, 0.1) is 16.9 Å². The maximum atomic E-state index is 5.28. The largest absolute Gasteiger partial charge is 0.256 e. The van der Waals surface area contributed by atoms with Crippen molar-refractivity contribution in [1.82, 2.24) is 15.0 Å². The van der Waals surface area contributed by atoms with Crippen LogP contribution in [0.5, 0.6) is 0 Å². The minimum atomic E-state index is -0.139. The van der Waals surface area contributed by atoms with Gasteiger partial charge in [0.2, 0.25) is 0 Å². The molecule has 2 aromatic heterocycles. The van der Waals surface area contributed by atoms with E-state index in [0.717, 1.165) is 50.1 Å². The van der Waals surface area contributed by atoms with Crippen LogP contribution in [0.25, 0.3) is 77.8 Å². The van der Waals surface area contributed by atoms with Crippen molar-refractivity contribution in [3.63, 3.8) is 0 Å². The lowest BCUT2D eigenvalue weighted by molar-refractivity contribution is 0.661. The van der Waals surface area contributed by atoms with E-state index in [4.69, 9.17) is 9.97 Å². The number of hydrogen-bond acceptors (Lipinski definition) is 3. The second kappa shape index (κ2) is 10.6. The van der Waals surface area contributed by atoms with Gasteiger partial charge in [0.25, 0.3) is 0 Å². The zero-order chi connectivity index (χ0) is 31.5. The first-order chi connectivity index (χ1) is 23.0. The van der Waals surface area contributed by atoms with Crippen LogP contribution in [0.4, 0.5) is 0 Å². The van der Waals surface area contributed by atoms with Gasteiger partial charge in [-0.15, -0.1) is 0 Å². The van der Waals surface area contributed by atoms with Crippen LogP contribution in [-0.2, 0) is 5.41 Å². The molecule has 0 saturated carbocycles. The Kier molecular flexibility index (Phi) is 6.16. The molecule has 0 fully saturated rings. The zero-order valence-electron chi connectivity index (χ0n) is 26.3. The van der Waals surface area contributed by atoms with E-state index in [0.29, 0.717) is 5.82 Å². The molecule has 0 N–H and O–H groups in total. The van der Waals surface area contributed by atoms with Crippen LogP contribution in [0.3, 0.4) is 0 Å². The van der Waals surface area contributed by atoms with Gasteiger partial charge in [-0.2, -0.15) is 0 Å². The van der Waals surface area contributed by atoms with Crippen LogP contribution < -0.4 is 0 Å². The molecule has 0 unspecified atom stereocenters. The van der Waals surface area contributed by atoms with E-state index in [-0.39, 0.29) is 5.41 Å². The summed E-state index contributed by atoms with van der Waals surface area (Å²) in [7, 11) is 0. The molecule has 1 aliphatic rings. The summed E-state index contributed by atoms with van der Waals surface area (Å²) in [5.74, 6) is 0.712. The number of nitrogens with zero attached hydrogens (tertiary/aromatic N) is 3. The Hall–Kier alpha value is -5.93. The topological polar surface area (TPSA) is 38.7 Å². The van der Waals surface area contributed by atoms with Gasteiger partial charge < -0.3 is 0 Å². The molecule has 9 rings (SSSR count). The van der Waals surface area contributed by atoms with E-state index in [1.165, 1.54) is 33.0 Å². The highest BCUT2D eigenvalue weighted by Gasteiger charge is 2.37. The van der Waals surface area contributed by atoms with Crippen molar-refractivity contribution in [1.29, 1.82) is 0 Å². The summed E-state index contributed by atoms with van der Waals surface area (Å²) in [6, 6.07) is 51.7. The van der Waals surface area contributed by atoms with Gasteiger partial charge in [0.1, 0.15) is 0 Å². The Labute approximate surface area is 274 Å². The molecule has 2 heterocycles. The monoisotopic (exact) mass is 601 g/mol. The zero-order valence-corrected chi connectivity index (χ0v) is 26.3. The van der Waals surface area contributed by atoms with Crippen LogP contribution in [0.15, 0.2) is 152 Å². The van der Waals surface area contributed by atoms with E-state index in [2.05, 4.69) is 140 Å². The Morgan fingerprint density at radius 1 is 0.447 bits per heavy atom. The molecule has 8 aromatic rings. The maximum Gasteiger partial charge on any atom is 0.160 e. The Morgan fingerprint density at radius 2 is 1.13 bits per heavy atom. The lowest BCUT2D eigenvalue weighted by Gasteiger charge is -2.22. The summed E-state index contributed by atoms with van der Waals surface area (Å²) in [6.45, 7) is 4.68. The third-order valence-electron chi connectivity index (χ3n) is 9.72. The quantitative estimate of drug-likeness (QED) is 0.201. The minimum absolute atomic E-state index is 0.139. The van der Waals surface area contributed by atoms with Crippen LogP contribution in [0.2, 0.25) is 0 Å². The number of benzene rings is 6. The van der Waals surface area contributed by atoms with E-state index < -0.39 is 0 Å². The Balaban J connectivity index is 1.29. The molecule has 0 amide bonds. The van der Waals surface area contributed by atoms with Crippen molar-refractivity contribution in [3.05, 3.63) is 163 Å². The number of aromatic nitrogens is 3. The van der Waals surface area contributed by atoms with Crippen molar-refractivity contribution in [2.24, 2.45) is 0 Å². The minimum Gasteiger partial charge on any atom is -0.256 e. The molecule has 47 heavy (non-hydrogen) atoms. The fraction of sp³-hybridized carbons (Fsp3) is 0.0682. The molecule has 0 atom stereocenters. The van der Waals surface area contributed by atoms with E-state index in [1.54, 1.807) is 0 Å². The molecule has 1 aliphatic carbocycles. The lowest BCUT2D eigenvalue weighted by Crippen LogP contribution is -2.14. The number of fused-ring (bicyclic) bond motifs is 5. The molecule has 3 nitrogen and oxygen atoms in total. The van der Waals surface area contributed by atoms with Gasteiger partial charge in [-0.25, -0.2) is 9.97 Å². The molecular formula is C44H31N3. The Morgan fingerprint density at radius 3 is 1.96 bits per heavy atom. The smallest absolute Gasteiger partial charge is 0.160 e. The van der Waals surface area contributed by atoms with E-state index in [9.17, 15) is 0 Å². The number of hydrogen-bond donors (Lipinski definition) is 0. The van der Waals surface area contributed by atoms with Crippen LogP contribution >= 0.6 is 0 Å². The van der Waals surface area contributed by atoms with Gasteiger partial charge in [-0.3, -0.25) is 4.98 Å². The van der Waals surface area contributed by atoms with E-state index >= 15 is 0 Å². The molecule has 0 bridgehead atoms. The fourth-order valence-electron chi connectivity index (χ4n) is 7.33. The number of pyridine rings is 1. The van der Waals surface area contributed by atoms with Crippen LogP contribution in [0, 0.1) is 0 Å². The first kappa shape index (κ1) is 27.4. The first-order valence-electron chi connectivity index (χ1n) is 16.1. The molecule has 6 aromatic carbocycles. The molecular weight excluding hydrogens is 571 g/mol. The SMILES string of the molecule is CC1(C)c2cc3ccccc3cc2-c2c(-c3cc(-c4ccccc4-c4ccc5ncccc5c4)nc(-c4ccccc4)n3)cccc21. The molecule has 0 aliphatic heterocycles. The highest BCUT2D eigenvalue weighted by molar-refractivity contribution is 5.99. The summed E-state index contributed by atoms with van der Waals surface area (Å²) >= 11 is 0. The van der Waals surface area contributed by atoms with Crippen LogP contribution in [0.1, 0.15) is 25.0 Å². The highest BCUT2D eigenvalue weighted by Crippen LogP contribution is 2.53. The predicted octanol–water partition coefficient (Wildman–Crippen LogP) is 11.2. The fourth-order valence-corrected chi connectivity index (χ4v) is 7.33. The summed E-state index contributed by atoms with van der Waals surface area (Å²) in [5.41, 5.74) is 13.3. The number of rotatable bonds is 4. The van der Waals surface area contributed by atoms with Crippen molar-refractivity contribution < 1.29 is 0 Å². The van der Waals surface area contributed by atoms with Gasteiger partial charge >= 0.3 is 0 Å². The molecule has 0 radical (unpaired) electrons. The van der Waals surface area contributed by atoms with Crippen molar-refractivity contribution in [2.45, 2.75) is 19.3 Å². The highest BCUT2D eigenvalue weighted by atomic mass is 14.9. The van der Waals surface area contributed by atoms with Crippen LogP contribution in [-0.4, -0.2) is 15.0 Å². The van der Waals surface area contributed by atoms with Crippen molar-refractivity contribution >= 4 is 21.7 Å². The Bertz CT molecular complexity index is 2490. The summed E-state index contributed by atoms with van der Waals surface area (Å²) in [6.07, 6.45) is 1.84. The maximum absolute atomic E-state index is 5.28. The van der Waals surface area contributed by atoms with Crippen molar-refractivity contribution in [2.75, 3.05) is 0 Å². The second-order valence-electron chi connectivity index (χ2n) is 12.9. The molecule has 0 spiro atoms. The summed E-state index contributed by atoms with van der Waals surface area (Å²) in [4.78, 5) is 15.1. The van der Waals surface area contributed by atoms with Gasteiger partial charge in [0.15, 0.2) is 5.82 Å². The van der Waals surface area contributed by atoms with Gasteiger partial charge in [0, 0.05) is 33.7 Å². The summed E-state index contributed by atoms with van der Waals surface area (Å²) < 4.78 is 0. The second-order valence-corrected chi connectivity index (χ2v) is 12.9.